The largest absolute Gasteiger partial charge is 0.409 e. The van der Waals surface area contributed by atoms with Gasteiger partial charge in [0, 0.05) is 38.4 Å². The third-order valence-electron chi connectivity index (χ3n) is 2.59. The second-order valence-corrected chi connectivity index (χ2v) is 4.83. The molecule has 0 radical (unpaired) electrons. The van der Waals surface area contributed by atoms with Crippen LogP contribution in [0.25, 0.3) is 0 Å². The first-order chi connectivity index (χ1) is 8.61. The van der Waals surface area contributed by atoms with E-state index in [1.807, 2.05) is 12.1 Å². The van der Waals surface area contributed by atoms with Crippen LogP contribution in [-0.2, 0) is 6.54 Å². The fourth-order valence-corrected chi connectivity index (χ4v) is 1.82. The lowest BCUT2D eigenvalue weighted by Gasteiger charge is -2.24. The maximum atomic E-state index is 8.56. The Balaban J connectivity index is 2.55. The lowest BCUT2D eigenvalue weighted by Crippen LogP contribution is -2.31. The van der Waals surface area contributed by atoms with Crippen LogP contribution >= 0.6 is 0 Å². The monoisotopic (exact) mass is 250 g/mol. The fourth-order valence-electron chi connectivity index (χ4n) is 1.82. The average Bonchev–Trinajstić information content (AvgIpc) is 2.36. The van der Waals surface area contributed by atoms with E-state index in [1.165, 1.54) is 5.56 Å². The molecule has 0 aromatic carbocycles. The van der Waals surface area contributed by atoms with Crippen LogP contribution in [0, 0.1) is 5.92 Å². The molecule has 1 aromatic heterocycles. The molecule has 0 fully saturated rings. The molecule has 3 N–H and O–H groups in total. The zero-order valence-corrected chi connectivity index (χ0v) is 11.1. The van der Waals surface area contributed by atoms with Crippen LogP contribution in [0.4, 0.5) is 0 Å². The van der Waals surface area contributed by atoms with E-state index in [1.54, 1.807) is 12.4 Å². The van der Waals surface area contributed by atoms with Crippen molar-refractivity contribution in [2.45, 2.75) is 26.8 Å². The van der Waals surface area contributed by atoms with Crippen LogP contribution in [0.2, 0.25) is 0 Å². The van der Waals surface area contributed by atoms with E-state index in [0.29, 0.717) is 12.3 Å². The average molecular weight is 250 g/mol. The quantitative estimate of drug-likeness (QED) is 0.334. The van der Waals surface area contributed by atoms with Gasteiger partial charge in [-0.15, -0.1) is 0 Å². The summed E-state index contributed by atoms with van der Waals surface area (Å²) in [4.78, 5) is 6.31. The lowest BCUT2D eigenvalue weighted by molar-refractivity contribution is 0.240. The number of pyridine rings is 1. The summed E-state index contributed by atoms with van der Waals surface area (Å²) in [6.45, 7) is 7.00. The first kappa shape index (κ1) is 14.4. The van der Waals surface area contributed by atoms with Crippen molar-refractivity contribution < 1.29 is 5.21 Å². The zero-order valence-electron chi connectivity index (χ0n) is 11.1. The molecule has 5 heteroatoms. The van der Waals surface area contributed by atoms with E-state index in [0.717, 1.165) is 19.6 Å². The Labute approximate surface area is 108 Å². The van der Waals surface area contributed by atoms with Gasteiger partial charge in [-0.1, -0.05) is 19.0 Å². The van der Waals surface area contributed by atoms with Crippen molar-refractivity contribution >= 4 is 5.84 Å². The van der Waals surface area contributed by atoms with Gasteiger partial charge in [0.15, 0.2) is 0 Å². The van der Waals surface area contributed by atoms with Gasteiger partial charge in [-0.3, -0.25) is 9.88 Å². The highest BCUT2D eigenvalue weighted by Crippen LogP contribution is 2.07. The predicted octanol–water partition coefficient (Wildman–Crippen LogP) is 1.68. The molecule has 100 valence electrons. The summed E-state index contributed by atoms with van der Waals surface area (Å²) in [6, 6.07) is 4.02. The van der Waals surface area contributed by atoms with Crippen LogP contribution in [-0.4, -0.2) is 34.0 Å². The maximum absolute atomic E-state index is 8.56. The maximum Gasteiger partial charge on any atom is 0.140 e. The van der Waals surface area contributed by atoms with Crippen molar-refractivity contribution in [2.75, 3.05) is 13.1 Å². The van der Waals surface area contributed by atoms with Crippen LogP contribution in [0.1, 0.15) is 25.8 Å². The number of rotatable bonds is 7. The van der Waals surface area contributed by atoms with Crippen molar-refractivity contribution in [1.29, 1.82) is 0 Å². The Morgan fingerprint density at radius 1 is 1.44 bits per heavy atom. The van der Waals surface area contributed by atoms with Crippen LogP contribution in [0.15, 0.2) is 29.7 Å². The van der Waals surface area contributed by atoms with Crippen molar-refractivity contribution in [3.05, 3.63) is 30.1 Å². The van der Waals surface area contributed by atoms with Gasteiger partial charge in [-0.2, -0.15) is 0 Å². The fraction of sp³-hybridized carbons (Fsp3) is 0.538. The Morgan fingerprint density at radius 2 is 2.11 bits per heavy atom. The summed E-state index contributed by atoms with van der Waals surface area (Å²) < 4.78 is 0. The molecule has 0 aliphatic heterocycles. The molecule has 0 unspecified atom stereocenters. The summed E-state index contributed by atoms with van der Waals surface area (Å²) in [6.07, 6.45) is 4.17. The van der Waals surface area contributed by atoms with E-state index >= 15 is 0 Å². The molecule has 5 nitrogen and oxygen atoms in total. The van der Waals surface area contributed by atoms with Crippen LogP contribution < -0.4 is 5.73 Å². The van der Waals surface area contributed by atoms with Crippen LogP contribution in [0.3, 0.4) is 0 Å². The topological polar surface area (TPSA) is 74.7 Å². The number of nitrogens with zero attached hydrogens (tertiary/aromatic N) is 3. The predicted molar refractivity (Wildman–Crippen MR) is 72.4 cm³/mol. The molecule has 0 spiro atoms. The Morgan fingerprint density at radius 3 is 2.67 bits per heavy atom. The molecule has 0 bridgehead atoms. The molecule has 1 heterocycles. The van der Waals surface area contributed by atoms with E-state index < -0.39 is 0 Å². The van der Waals surface area contributed by atoms with Gasteiger partial charge in [0.1, 0.15) is 5.84 Å². The van der Waals surface area contributed by atoms with Crippen molar-refractivity contribution in [3.63, 3.8) is 0 Å². The molecule has 0 aliphatic carbocycles. The van der Waals surface area contributed by atoms with Crippen molar-refractivity contribution in [1.82, 2.24) is 9.88 Å². The molecule has 1 aromatic rings. The van der Waals surface area contributed by atoms with E-state index in [-0.39, 0.29) is 5.84 Å². The minimum atomic E-state index is 0.276. The molecule has 0 saturated heterocycles. The van der Waals surface area contributed by atoms with Gasteiger partial charge in [0.2, 0.25) is 0 Å². The second-order valence-electron chi connectivity index (χ2n) is 4.83. The van der Waals surface area contributed by atoms with Gasteiger partial charge in [0.05, 0.1) is 0 Å². The van der Waals surface area contributed by atoms with Gasteiger partial charge >= 0.3 is 0 Å². The SMILES string of the molecule is CC(C)CN(CCC(N)=NO)Cc1ccncc1. The zero-order chi connectivity index (χ0) is 13.4. The Bertz CT molecular complexity index is 365. The summed E-state index contributed by atoms with van der Waals surface area (Å²) in [5.41, 5.74) is 6.74. The summed E-state index contributed by atoms with van der Waals surface area (Å²) in [7, 11) is 0. The molecule has 0 saturated carbocycles. The molecule has 18 heavy (non-hydrogen) atoms. The smallest absolute Gasteiger partial charge is 0.140 e. The minimum Gasteiger partial charge on any atom is -0.409 e. The van der Waals surface area contributed by atoms with Gasteiger partial charge < -0.3 is 10.9 Å². The number of hydrogen-bond acceptors (Lipinski definition) is 4. The summed E-state index contributed by atoms with van der Waals surface area (Å²) in [5.74, 6) is 0.859. The van der Waals surface area contributed by atoms with Crippen molar-refractivity contribution in [3.8, 4) is 0 Å². The number of aromatic nitrogens is 1. The number of nitrogens with two attached hydrogens (primary N) is 1. The Kier molecular flexibility index (Phi) is 6.14. The molecular formula is C13H22N4O. The normalized spacial score (nSPS) is 12.3. The third kappa shape index (κ3) is 5.63. The molecule has 0 aliphatic rings. The summed E-state index contributed by atoms with van der Waals surface area (Å²) in [5, 5.41) is 11.6. The summed E-state index contributed by atoms with van der Waals surface area (Å²) >= 11 is 0. The van der Waals surface area contributed by atoms with Crippen LogP contribution in [0.5, 0.6) is 0 Å². The number of hydrogen-bond donors (Lipinski definition) is 2. The van der Waals surface area contributed by atoms with Gasteiger partial charge in [-0.25, -0.2) is 0 Å². The molecular weight excluding hydrogens is 228 g/mol. The van der Waals surface area contributed by atoms with E-state index in [2.05, 4.69) is 28.9 Å². The first-order valence-electron chi connectivity index (χ1n) is 6.19. The van der Waals surface area contributed by atoms with Gasteiger partial charge in [0.25, 0.3) is 0 Å². The highest BCUT2D eigenvalue weighted by Gasteiger charge is 2.09. The van der Waals surface area contributed by atoms with Gasteiger partial charge in [-0.05, 0) is 23.6 Å². The Hall–Kier alpha value is -1.62. The second kappa shape index (κ2) is 7.66. The molecule has 0 atom stereocenters. The lowest BCUT2D eigenvalue weighted by atomic mass is 10.1. The van der Waals surface area contributed by atoms with E-state index in [4.69, 9.17) is 10.9 Å². The molecule has 0 amide bonds. The third-order valence-corrected chi connectivity index (χ3v) is 2.59. The van der Waals surface area contributed by atoms with E-state index in [9.17, 15) is 0 Å². The minimum absolute atomic E-state index is 0.276. The number of oxime groups is 1. The van der Waals surface area contributed by atoms with Crippen molar-refractivity contribution in [2.24, 2.45) is 16.8 Å². The standard InChI is InChI=1S/C13H22N4O/c1-11(2)9-17(8-5-13(14)16-18)10-12-3-6-15-7-4-12/h3-4,6-7,11,18H,5,8-10H2,1-2H3,(H2,14,16). The number of amidine groups is 1. The highest BCUT2D eigenvalue weighted by atomic mass is 16.4. The first-order valence-corrected chi connectivity index (χ1v) is 6.19. The highest BCUT2D eigenvalue weighted by molar-refractivity contribution is 5.79. The molecule has 1 rings (SSSR count).